The highest BCUT2D eigenvalue weighted by atomic mass is 19.4. The Morgan fingerprint density at radius 2 is 1.47 bits per heavy atom. The van der Waals surface area contributed by atoms with E-state index in [4.69, 9.17) is 5.73 Å². The lowest BCUT2D eigenvalue weighted by Crippen LogP contribution is -2.46. The number of halogens is 6. The molecule has 92 valence electrons. The zero-order valence-electron chi connectivity index (χ0n) is 7.91. The van der Waals surface area contributed by atoms with Gasteiger partial charge in [-0.15, -0.1) is 0 Å². The third-order valence-electron chi connectivity index (χ3n) is 1.81. The van der Waals surface area contributed by atoms with Gasteiger partial charge in [-0.2, -0.15) is 26.3 Å². The molecule has 0 saturated heterocycles. The van der Waals surface area contributed by atoms with E-state index in [0.29, 0.717) is 0 Å². The molecule has 8 heteroatoms. The van der Waals surface area contributed by atoms with E-state index in [-0.39, 0.29) is 6.54 Å². The van der Waals surface area contributed by atoms with Crippen molar-refractivity contribution in [3.8, 4) is 0 Å². The summed E-state index contributed by atoms with van der Waals surface area (Å²) in [5, 5.41) is 2.08. The second-order valence-electron chi connectivity index (χ2n) is 3.18. The van der Waals surface area contributed by atoms with E-state index in [0.717, 1.165) is 0 Å². The van der Waals surface area contributed by atoms with Gasteiger partial charge >= 0.3 is 12.4 Å². The Kier molecular flexibility index (Phi) is 4.85. The number of hydrogen-bond acceptors (Lipinski definition) is 2. The maximum atomic E-state index is 12.0. The molecule has 0 aromatic heterocycles. The van der Waals surface area contributed by atoms with Crippen LogP contribution in [0.4, 0.5) is 26.3 Å². The number of hydrogen-bond donors (Lipinski definition) is 2. The van der Waals surface area contributed by atoms with Gasteiger partial charge in [0, 0.05) is 19.1 Å². The van der Waals surface area contributed by atoms with Crippen LogP contribution in [-0.2, 0) is 0 Å². The summed E-state index contributed by atoms with van der Waals surface area (Å²) >= 11 is 0. The largest absolute Gasteiger partial charge is 0.401 e. The Labute approximate surface area is 82.8 Å². The average molecular weight is 238 g/mol. The van der Waals surface area contributed by atoms with E-state index >= 15 is 0 Å². The molecule has 0 fully saturated rings. The lowest BCUT2D eigenvalue weighted by atomic mass is 10.1. The summed E-state index contributed by atoms with van der Waals surface area (Å²) in [6.45, 7) is 0.178. The van der Waals surface area contributed by atoms with Crippen LogP contribution in [-0.4, -0.2) is 31.5 Å². The standard InChI is InChI=1S/C7H12F6N2/c1-4(2-14)15-3-5(6(8,9)10)7(11,12)13/h4-5,15H,2-3,14H2,1H3/t4-/m0/s1. The highest BCUT2D eigenvalue weighted by Gasteiger charge is 2.56. The third kappa shape index (κ3) is 5.22. The van der Waals surface area contributed by atoms with Crippen molar-refractivity contribution in [2.24, 2.45) is 11.7 Å². The molecule has 0 aliphatic carbocycles. The Bertz CT molecular complexity index is 173. The number of alkyl halides is 6. The molecular formula is C7H12F6N2. The number of nitrogens with one attached hydrogen (secondary N) is 1. The maximum absolute atomic E-state index is 12.0. The highest BCUT2D eigenvalue weighted by molar-refractivity contribution is 4.78. The lowest BCUT2D eigenvalue weighted by Gasteiger charge is -2.24. The van der Waals surface area contributed by atoms with E-state index in [1.54, 1.807) is 0 Å². The molecule has 0 bridgehead atoms. The highest BCUT2D eigenvalue weighted by Crippen LogP contribution is 2.38. The fourth-order valence-electron chi connectivity index (χ4n) is 0.819. The van der Waals surface area contributed by atoms with E-state index in [9.17, 15) is 26.3 Å². The molecule has 3 N–H and O–H groups in total. The van der Waals surface area contributed by atoms with Crippen LogP contribution in [0.3, 0.4) is 0 Å². The van der Waals surface area contributed by atoms with Gasteiger partial charge in [0.2, 0.25) is 0 Å². The minimum Gasteiger partial charge on any atom is -0.329 e. The monoisotopic (exact) mass is 238 g/mol. The third-order valence-corrected chi connectivity index (χ3v) is 1.81. The summed E-state index contributed by atoms with van der Waals surface area (Å²) in [6.07, 6.45) is -10.6. The quantitative estimate of drug-likeness (QED) is 0.731. The second-order valence-corrected chi connectivity index (χ2v) is 3.18. The van der Waals surface area contributed by atoms with Crippen LogP contribution < -0.4 is 11.1 Å². The van der Waals surface area contributed by atoms with Crippen molar-refractivity contribution >= 4 is 0 Å². The molecule has 0 aromatic carbocycles. The van der Waals surface area contributed by atoms with Gasteiger partial charge in [0.1, 0.15) is 0 Å². The SMILES string of the molecule is C[C@@H](CN)NCC(C(F)(F)F)C(F)(F)F. The van der Waals surface area contributed by atoms with Gasteiger partial charge in [0.25, 0.3) is 0 Å². The van der Waals surface area contributed by atoms with E-state index < -0.39 is 30.9 Å². The molecular weight excluding hydrogens is 226 g/mol. The number of nitrogens with two attached hydrogens (primary N) is 1. The first-order chi connectivity index (χ1) is 6.59. The van der Waals surface area contributed by atoms with Crippen LogP contribution in [0.1, 0.15) is 6.92 Å². The van der Waals surface area contributed by atoms with Gasteiger partial charge in [-0.25, -0.2) is 0 Å². The minimum absolute atomic E-state index is 0.0254. The average Bonchev–Trinajstić information content (AvgIpc) is 1.99. The first-order valence-electron chi connectivity index (χ1n) is 4.16. The second kappa shape index (κ2) is 5.02. The van der Waals surface area contributed by atoms with Crippen molar-refractivity contribution in [2.75, 3.05) is 13.1 Å². The molecule has 0 aliphatic heterocycles. The smallest absolute Gasteiger partial charge is 0.329 e. The van der Waals surface area contributed by atoms with E-state index in [1.165, 1.54) is 6.92 Å². The van der Waals surface area contributed by atoms with Crippen LogP contribution in [0.25, 0.3) is 0 Å². The Hall–Kier alpha value is -0.500. The Morgan fingerprint density at radius 1 is 1.07 bits per heavy atom. The van der Waals surface area contributed by atoms with Crippen molar-refractivity contribution in [3.05, 3.63) is 0 Å². The molecule has 0 saturated carbocycles. The van der Waals surface area contributed by atoms with Crippen LogP contribution >= 0.6 is 0 Å². The Balaban J connectivity index is 4.42. The van der Waals surface area contributed by atoms with Crippen molar-refractivity contribution in [3.63, 3.8) is 0 Å². The topological polar surface area (TPSA) is 38.0 Å². The fraction of sp³-hybridized carbons (Fsp3) is 1.00. The predicted molar refractivity (Wildman–Crippen MR) is 42.1 cm³/mol. The summed E-state index contributed by atoms with van der Waals surface area (Å²) in [4.78, 5) is 0. The molecule has 0 amide bonds. The predicted octanol–water partition coefficient (Wildman–Crippen LogP) is 1.66. The van der Waals surface area contributed by atoms with Gasteiger partial charge in [-0.1, -0.05) is 0 Å². The van der Waals surface area contributed by atoms with Crippen molar-refractivity contribution < 1.29 is 26.3 Å². The fourth-order valence-corrected chi connectivity index (χ4v) is 0.819. The first-order valence-corrected chi connectivity index (χ1v) is 4.16. The molecule has 0 radical (unpaired) electrons. The zero-order valence-corrected chi connectivity index (χ0v) is 7.91. The summed E-state index contributed by atoms with van der Waals surface area (Å²) in [6, 6.07) is -0.586. The lowest BCUT2D eigenvalue weighted by molar-refractivity contribution is -0.282. The van der Waals surface area contributed by atoms with Gasteiger partial charge in [-0.3, -0.25) is 0 Å². The molecule has 0 spiro atoms. The van der Waals surface area contributed by atoms with Crippen LogP contribution in [0.2, 0.25) is 0 Å². The molecule has 2 nitrogen and oxygen atoms in total. The molecule has 0 unspecified atom stereocenters. The van der Waals surface area contributed by atoms with E-state index in [2.05, 4.69) is 5.32 Å². The van der Waals surface area contributed by atoms with Crippen LogP contribution in [0.15, 0.2) is 0 Å². The number of rotatable bonds is 4. The van der Waals surface area contributed by atoms with Crippen molar-refractivity contribution in [2.45, 2.75) is 25.3 Å². The maximum Gasteiger partial charge on any atom is 0.401 e. The summed E-state index contributed by atoms with van der Waals surface area (Å²) < 4.78 is 71.9. The molecule has 1 atom stereocenters. The first kappa shape index (κ1) is 14.5. The summed E-state index contributed by atoms with van der Waals surface area (Å²) in [5.41, 5.74) is 5.05. The Morgan fingerprint density at radius 3 is 1.73 bits per heavy atom. The van der Waals surface area contributed by atoms with Gasteiger partial charge in [-0.05, 0) is 6.92 Å². The molecule has 0 rings (SSSR count). The van der Waals surface area contributed by atoms with Gasteiger partial charge in [0.05, 0.1) is 0 Å². The zero-order chi connectivity index (χ0) is 12.3. The molecule has 15 heavy (non-hydrogen) atoms. The van der Waals surface area contributed by atoms with Crippen LogP contribution in [0, 0.1) is 5.92 Å². The van der Waals surface area contributed by atoms with Gasteiger partial charge < -0.3 is 11.1 Å². The van der Waals surface area contributed by atoms with Crippen LogP contribution in [0.5, 0.6) is 0 Å². The molecule has 0 heterocycles. The molecule has 0 aliphatic rings. The summed E-state index contributed by atoms with van der Waals surface area (Å²) in [5.74, 6) is -3.35. The normalized spacial score (nSPS) is 15.8. The van der Waals surface area contributed by atoms with Crippen molar-refractivity contribution in [1.29, 1.82) is 0 Å². The van der Waals surface area contributed by atoms with E-state index in [1.807, 2.05) is 0 Å². The van der Waals surface area contributed by atoms with Gasteiger partial charge in [0.15, 0.2) is 5.92 Å². The minimum atomic E-state index is -5.29. The van der Waals surface area contributed by atoms with Crippen molar-refractivity contribution in [1.82, 2.24) is 5.32 Å². The summed E-state index contributed by atoms with van der Waals surface area (Å²) in [7, 11) is 0. The molecule has 0 aromatic rings.